The standard InChI is InChI=1S/C18H31NO2/c1-13(2)11-19-12-16-9-14(3)17(15(4)10-16)21-8-7-18(5,6)20/h9-10,13,19-20H,7-8,11-12H2,1-6H3. The van der Waals surface area contributed by atoms with Gasteiger partial charge in [-0.3, -0.25) is 0 Å². The molecule has 0 aliphatic carbocycles. The number of rotatable bonds is 8. The molecule has 3 heteroatoms. The first-order valence-electron chi connectivity index (χ1n) is 7.85. The Bertz CT molecular complexity index is 424. The lowest BCUT2D eigenvalue weighted by molar-refractivity contribution is 0.0551. The number of benzene rings is 1. The predicted octanol–water partition coefficient (Wildman–Crippen LogP) is 3.59. The first kappa shape index (κ1) is 18.0. The van der Waals surface area contributed by atoms with E-state index in [9.17, 15) is 5.11 Å². The first-order chi connectivity index (χ1) is 9.69. The van der Waals surface area contributed by atoms with E-state index in [-0.39, 0.29) is 0 Å². The van der Waals surface area contributed by atoms with Gasteiger partial charge < -0.3 is 15.2 Å². The van der Waals surface area contributed by atoms with Gasteiger partial charge in [0.05, 0.1) is 12.2 Å². The summed E-state index contributed by atoms with van der Waals surface area (Å²) in [5.74, 6) is 1.61. The molecule has 1 aromatic rings. The van der Waals surface area contributed by atoms with Crippen LogP contribution in [0.1, 0.15) is 50.8 Å². The minimum absolute atomic E-state index is 0.538. The molecule has 0 spiro atoms. The largest absolute Gasteiger partial charge is 0.493 e. The Balaban J connectivity index is 2.62. The van der Waals surface area contributed by atoms with E-state index >= 15 is 0 Å². The molecule has 2 N–H and O–H groups in total. The van der Waals surface area contributed by atoms with Gasteiger partial charge in [-0.1, -0.05) is 26.0 Å². The molecule has 0 bridgehead atoms. The van der Waals surface area contributed by atoms with Gasteiger partial charge in [-0.05, 0) is 56.8 Å². The fourth-order valence-electron chi connectivity index (χ4n) is 2.28. The maximum Gasteiger partial charge on any atom is 0.125 e. The zero-order valence-electron chi connectivity index (χ0n) is 14.4. The van der Waals surface area contributed by atoms with Crippen LogP contribution in [0.25, 0.3) is 0 Å². The lowest BCUT2D eigenvalue weighted by atomic mass is 10.0. The fraction of sp³-hybridized carbons (Fsp3) is 0.667. The van der Waals surface area contributed by atoms with Gasteiger partial charge in [0.25, 0.3) is 0 Å². The Hall–Kier alpha value is -1.06. The van der Waals surface area contributed by atoms with Gasteiger partial charge in [-0.25, -0.2) is 0 Å². The first-order valence-corrected chi connectivity index (χ1v) is 7.85. The van der Waals surface area contributed by atoms with E-state index in [2.05, 4.69) is 45.1 Å². The summed E-state index contributed by atoms with van der Waals surface area (Å²) < 4.78 is 5.86. The Morgan fingerprint density at radius 3 is 2.24 bits per heavy atom. The molecule has 0 amide bonds. The Kier molecular flexibility index (Phi) is 6.69. The van der Waals surface area contributed by atoms with Crippen molar-refractivity contribution in [2.24, 2.45) is 5.92 Å². The molecule has 3 nitrogen and oxygen atoms in total. The van der Waals surface area contributed by atoms with Crippen molar-refractivity contribution < 1.29 is 9.84 Å². The summed E-state index contributed by atoms with van der Waals surface area (Å²) in [6.07, 6.45) is 0.629. The number of ether oxygens (including phenoxy) is 1. The van der Waals surface area contributed by atoms with Crippen LogP contribution in [0.2, 0.25) is 0 Å². The molecule has 0 radical (unpaired) electrons. The maximum absolute atomic E-state index is 9.73. The Labute approximate surface area is 129 Å². The molecule has 21 heavy (non-hydrogen) atoms. The minimum Gasteiger partial charge on any atom is -0.493 e. The van der Waals surface area contributed by atoms with Crippen LogP contribution in [-0.4, -0.2) is 23.9 Å². The zero-order chi connectivity index (χ0) is 16.0. The molecule has 0 saturated heterocycles. The normalized spacial score (nSPS) is 12.0. The highest BCUT2D eigenvalue weighted by molar-refractivity contribution is 5.43. The molecule has 0 aromatic heterocycles. The van der Waals surface area contributed by atoms with Gasteiger partial charge in [-0.15, -0.1) is 0 Å². The second-order valence-corrected chi connectivity index (χ2v) is 6.99. The monoisotopic (exact) mass is 293 g/mol. The SMILES string of the molecule is Cc1cc(CNCC(C)C)cc(C)c1OCCC(C)(C)O. The Morgan fingerprint density at radius 2 is 1.76 bits per heavy atom. The van der Waals surface area contributed by atoms with Gasteiger partial charge in [0.1, 0.15) is 5.75 Å². The van der Waals surface area contributed by atoms with Gasteiger partial charge >= 0.3 is 0 Å². The molecule has 1 aromatic carbocycles. The van der Waals surface area contributed by atoms with Crippen LogP contribution in [0.5, 0.6) is 5.75 Å². The third-order valence-electron chi connectivity index (χ3n) is 3.36. The van der Waals surface area contributed by atoms with Crippen molar-refractivity contribution in [2.45, 2.75) is 60.1 Å². The third kappa shape index (κ3) is 6.96. The lowest BCUT2D eigenvalue weighted by Crippen LogP contribution is -2.22. The number of hydrogen-bond acceptors (Lipinski definition) is 3. The van der Waals surface area contributed by atoms with Crippen LogP contribution < -0.4 is 10.1 Å². The third-order valence-corrected chi connectivity index (χ3v) is 3.36. The van der Waals surface area contributed by atoms with Crippen molar-refractivity contribution in [2.75, 3.05) is 13.2 Å². The summed E-state index contributed by atoms with van der Waals surface area (Å²) in [6, 6.07) is 4.36. The summed E-state index contributed by atoms with van der Waals surface area (Å²) in [7, 11) is 0. The second kappa shape index (κ2) is 7.81. The van der Waals surface area contributed by atoms with Crippen LogP contribution in [-0.2, 0) is 6.54 Å². The van der Waals surface area contributed by atoms with Crippen molar-refractivity contribution >= 4 is 0 Å². The van der Waals surface area contributed by atoms with Crippen molar-refractivity contribution in [3.63, 3.8) is 0 Å². The smallest absolute Gasteiger partial charge is 0.125 e. The zero-order valence-corrected chi connectivity index (χ0v) is 14.4. The van der Waals surface area contributed by atoms with E-state index in [1.807, 2.05) is 0 Å². The second-order valence-electron chi connectivity index (χ2n) is 6.99. The van der Waals surface area contributed by atoms with Crippen LogP contribution >= 0.6 is 0 Å². The van der Waals surface area contributed by atoms with E-state index in [0.29, 0.717) is 18.9 Å². The molecule has 0 heterocycles. The topological polar surface area (TPSA) is 41.5 Å². The van der Waals surface area contributed by atoms with E-state index in [1.54, 1.807) is 13.8 Å². The van der Waals surface area contributed by atoms with Crippen molar-refractivity contribution in [3.05, 3.63) is 28.8 Å². The summed E-state index contributed by atoms with van der Waals surface area (Å²) in [5, 5.41) is 13.2. The highest BCUT2D eigenvalue weighted by Crippen LogP contribution is 2.25. The molecule has 0 aliphatic heterocycles. The number of nitrogens with one attached hydrogen (secondary N) is 1. The molecule has 1 rings (SSSR count). The highest BCUT2D eigenvalue weighted by Gasteiger charge is 2.13. The Morgan fingerprint density at radius 1 is 1.19 bits per heavy atom. The molecular formula is C18H31NO2. The van der Waals surface area contributed by atoms with E-state index in [0.717, 1.165) is 30.0 Å². The molecule has 0 fully saturated rings. The van der Waals surface area contributed by atoms with Gasteiger partial charge in [-0.2, -0.15) is 0 Å². The molecular weight excluding hydrogens is 262 g/mol. The van der Waals surface area contributed by atoms with Crippen molar-refractivity contribution in [3.8, 4) is 5.75 Å². The molecule has 0 unspecified atom stereocenters. The minimum atomic E-state index is -0.678. The van der Waals surface area contributed by atoms with E-state index < -0.39 is 5.60 Å². The van der Waals surface area contributed by atoms with Gasteiger partial charge in [0.15, 0.2) is 0 Å². The summed E-state index contributed by atoms with van der Waals surface area (Å²) in [6.45, 7) is 14.7. The van der Waals surface area contributed by atoms with Gasteiger partial charge in [0.2, 0.25) is 0 Å². The average Bonchev–Trinajstić information content (AvgIpc) is 2.31. The van der Waals surface area contributed by atoms with Crippen LogP contribution in [0.15, 0.2) is 12.1 Å². The highest BCUT2D eigenvalue weighted by atomic mass is 16.5. The molecule has 120 valence electrons. The summed E-state index contributed by atoms with van der Waals surface area (Å²) in [4.78, 5) is 0. The van der Waals surface area contributed by atoms with E-state index in [4.69, 9.17) is 4.74 Å². The quantitative estimate of drug-likeness (QED) is 0.769. The molecule has 0 saturated carbocycles. The summed E-state index contributed by atoms with van der Waals surface area (Å²) in [5.41, 5.74) is 2.93. The number of aryl methyl sites for hydroxylation is 2. The average molecular weight is 293 g/mol. The van der Waals surface area contributed by atoms with Gasteiger partial charge in [0, 0.05) is 13.0 Å². The summed E-state index contributed by atoms with van der Waals surface area (Å²) >= 11 is 0. The number of aliphatic hydroxyl groups is 1. The molecule has 0 atom stereocenters. The lowest BCUT2D eigenvalue weighted by Gasteiger charge is -2.19. The van der Waals surface area contributed by atoms with Crippen LogP contribution in [0, 0.1) is 19.8 Å². The van der Waals surface area contributed by atoms with Crippen molar-refractivity contribution in [1.82, 2.24) is 5.32 Å². The van der Waals surface area contributed by atoms with Crippen molar-refractivity contribution in [1.29, 1.82) is 0 Å². The maximum atomic E-state index is 9.73. The fourth-order valence-corrected chi connectivity index (χ4v) is 2.28. The van der Waals surface area contributed by atoms with E-state index in [1.165, 1.54) is 5.56 Å². The van der Waals surface area contributed by atoms with Crippen LogP contribution in [0.4, 0.5) is 0 Å². The molecule has 0 aliphatic rings. The number of hydrogen-bond donors (Lipinski definition) is 2. The predicted molar refractivity (Wildman–Crippen MR) is 88.9 cm³/mol. The van der Waals surface area contributed by atoms with Crippen LogP contribution in [0.3, 0.4) is 0 Å².